The van der Waals surface area contributed by atoms with Crippen LogP contribution >= 0.6 is 0 Å². The lowest BCUT2D eigenvalue weighted by atomic mass is 10.1. The number of hydrogen-bond acceptors (Lipinski definition) is 4. The van der Waals surface area contributed by atoms with Gasteiger partial charge in [-0.25, -0.2) is 4.98 Å². The van der Waals surface area contributed by atoms with E-state index in [4.69, 9.17) is 4.74 Å². The van der Waals surface area contributed by atoms with Gasteiger partial charge in [0.1, 0.15) is 0 Å². The van der Waals surface area contributed by atoms with Crippen LogP contribution in [0.25, 0.3) is 0 Å². The Morgan fingerprint density at radius 2 is 2.50 bits per heavy atom. The fourth-order valence-electron chi connectivity index (χ4n) is 1.57. The highest BCUT2D eigenvalue weighted by Crippen LogP contribution is 2.17. The van der Waals surface area contributed by atoms with E-state index in [1.165, 1.54) is 7.11 Å². The van der Waals surface area contributed by atoms with E-state index in [0.717, 1.165) is 11.4 Å². The highest BCUT2D eigenvalue weighted by Gasteiger charge is 2.19. The van der Waals surface area contributed by atoms with Crippen molar-refractivity contribution in [1.82, 2.24) is 14.9 Å². The zero-order chi connectivity index (χ0) is 10.1. The molecule has 1 aromatic rings. The highest BCUT2D eigenvalue weighted by atomic mass is 16.6. The molecule has 0 amide bonds. The van der Waals surface area contributed by atoms with Crippen LogP contribution in [0.5, 0.6) is 0 Å². The Morgan fingerprint density at radius 1 is 1.71 bits per heavy atom. The van der Waals surface area contributed by atoms with Crippen molar-refractivity contribution < 1.29 is 9.84 Å². The van der Waals surface area contributed by atoms with Gasteiger partial charge in [0.25, 0.3) is 5.95 Å². The van der Waals surface area contributed by atoms with Crippen LogP contribution < -0.4 is 5.32 Å². The fraction of sp³-hybridized carbons (Fsp3) is 0.444. The first-order valence-electron chi connectivity index (χ1n) is 4.41. The summed E-state index contributed by atoms with van der Waals surface area (Å²) in [6, 6.07) is 0. The molecule has 2 heterocycles. The minimum Gasteiger partial charge on any atom is -0.480 e. The van der Waals surface area contributed by atoms with Crippen molar-refractivity contribution in [2.45, 2.75) is 13.0 Å². The average molecular weight is 195 g/mol. The maximum Gasteiger partial charge on any atom is 0.296 e. The van der Waals surface area contributed by atoms with E-state index < -0.39 is 0 Å². The van der Waals surface area contributed by atoms with E-state index in [1.54, 1.807) is 6.33 Å². The van der Waals surface area contributed by atoms with E-state index in [0.29, 0.717) is 18.7 Å². The van der Waals surface area contributed by atoms with Crippen molar-refractivity contribution in [3.05, 3.63) is 29.4 Å². The van der Waals surface area contributed by atoms with Gasteiger partial charge in [-0.2, -0.15) is 0 Å². The van der Waals surface area contributed by atoms with E-state index in [-0.39, 0.29) is 5.95 Å². The van der Waals surface area contributed by atoms with Crippen molar-refractivity contribution in [3.63, 3.8) is 0 Å². The SMILES string of the molecule is CO/C(O)=C1/Cc2ncn(C)c2CN1. The summed E-state index contributed by atoms with van der Waals surface area (Å²) in [4.78, 5) is 4.25. The lowest BCUT2D eigenvalue weighted by Crippen LogP contribution is -2.25. The molecule has 0 aromatic carbocycles. The second kappa shape index (κ2) is 3.25. The second-order valence-electron chi connectivity index (χ2n) is 3.27. The van der Waals surface area contributed by atoms with Gasteiger partial charge >= 0.3 is 0 Å². The molecule has 0 atom stereocenters. The number of allylic oxidation sites excluding steroid dienone is 1. The molecule has 5 heteroatoms. The summed E-state index contributed by atoms with van der Waals surface area (Å²) in [7, 11) is 3.40. The molecule has 2 rings (SSSR count). The van der Waals surface area contributed by atoms with E-state index in [9.17, 15) is 5.11 Å². The largest absolute Gasteiger partial charge is 0.480 e. The number of fused-ring (bicyclic) bond motifs is 1. The second-order valence-corrected chi connectivity index (χ2v) is 3.27. The monoisotopic (exact) mass is 195 g/mol. The standard InChI is InChI=1S/C9H13N3O2/c1-12-5-11-6-3-7(9(13)14-2)10-4-8(6)12/h5,10,13H,3-4H2,1-2H3/b9-7-. The van der Waals surface area contributed by atoms with Crippen LogP contribution in [-0.2, 0) is 24.8 Å². The van der Waals surface area contributed by atoms with E-state index >= 15 is 0 Å². The molecule has 76 valence electrons. The number of aliphatic hydroxyl groups is 1. The van der Waals surface area contributed by atoms with Gasteiger partial charge < -0.3 is 19.7 Å². The maximum atomic E-state index is 9.38. The fourth-order valence-corrected chi connectivity index (χ4v) is 1.57. The number of aliphatic hydroxyl groups excluding tert-OH is 1. The molecular formula is C9H13N3O2. The maximum absolute atomic E-state index is 9.38. The summed E-state index contributed by atoms with van der Waals surface area (Å²) >= 11 is 0. The first-order chi connectivity index (χ1) is 6.72. The van der Waals surface area contributed by atoms with Crippen LogP contribution in [0.2, 0.25) is 0 Å². The third kappa shape index (κ3) is 1.30. The Labute approximate surface area is 82.0 Å². The summed E-state index contributed by atoms with van der Waals surface area (Å²) in [6.07, 6.45) is 2.37. The summed E-state index contributed by atoms with van der Waals surface area (Å²) < 4.78 is 6.72. The molecule has 0 saturated heterocycles. The minimum atomic E-state index is -0.0543. The molecule has 1 aromatic heterocycles. The molecule has 0 bridgehead atoms. The van der Waals surface area contributed by atoms with Gasteiger partial charge in [0.05, 0.1) is 37.1 Å². The van der Waals surface area contributed by atoms with Crippen LogP contribution in [0, 0.1) is 0 Å². The van der Waals surface area contributed by atoms with Crippen molar-refractivity contribution in [3.8, 4) is 0 Å². The molecule has 0 aliphatic carbocycles. The van der Waals surface area contributed by atoms with Gasteiger partial charge in [0.2, 0.25) is 0 Å². The molecule has 0 fully saturated rings. The van der Waals surface area contributed by atoms with E-state index in [2.05, 4.69) is 10.3 Å². The first-order valence-corrected chi connectivity index (χ1v) is 4.41. The zero-order valence-electron chi connectivity index (χ0n) is 8.24. The molecule has 5 nitrogen and oxygen atoms in total. The molecule has 0 unspecified atom stereocenters. The molecule has 2 N–H and O–H groups in total. The molecule has 1 aliphatic rings. The zero-order valence-corrected chi connectivity index (χ0v) is 8.24. The van der Waals surface area contributed by atoms with Gasteiger partial charge in [-0.3, -0.25) is 0 Å². The van der Waals surface area contributed by atoms with Crippen LogP contribution in [0.1, 0.15) is 11.4 Å². The third-order valence-electron chi connectivity index (χ3n) is 2.41. The minimum absolute atomic E-state index is 0.0543. The number of hydrogen-bond donors (Lipinski definition) is 2. The van der Waals surface area contributed by atoms with Crippen LogP contribution in [0.3, 0.4) is 0 Å². The Morgan fingerprint density at radius 3 is 3.21 bits per heavy atom. The lowest BCUT2D eigenvalue weighted by molar-refractivity contribution is 0.127. The predicted octanol–water partition coefficient (Wildman–Crippen LogP) is 0.439. The molecular weight excluding hydrogens is 182 g/mol. The third-order valence-corrected chi connectivity index (χ3v) is 2.41. The number of ether oxygens (including phenoxy) is 1. The Balaban J connectivity index is 2.30. The summed E-state index contributed by atoms with van der Waals surface area (Å²) in [5, 5.41) is 12.5. The summed E-state index contributed by atoms with van der Waals surface area (Å²) in [5.41, 5.74) is 2.83. The number of aromatic nitrogens is 2. The number of imidazole rings is 1. The van der Waals surface area contributed by atoms with Gasteiger partial charge in [-0.15, -0.1) is 0 Å². The normalized spacial score (nSPS) is 18.4. The van der Waals surface area contributed by atoms with Gasteiger partial charge in [0, 0.05) is 13.5 Å². The summed E-state index contributed by atoms with van der Waals surface area (Å²) in [6.45, 7) is 0.675. The van der Waals surface area contributed by atoms with Gasteiger partial charge in [-0.05, 0) is 0 Å². The molecule has 1 aliphatic heterocycles. The number of aryl methyl sites for hydroxylation is 1. The quantitative estimate of drug-likeness (QED) is 0.638. The van der Waals surface area contributed by atoms with Crippen molar-refractivity contribution >= 4 is 0 Å². The average Bonchev–Trinajstić information content (AvgIpc) is 2.59. The molecule has 0 spiro atoms. The Kier molecular flexibility index (Phi) is 2.07. The molecule has 0 radical (unpaired) electrons. The highest BCUT2D eigenvalue weighted by molar-refractivity contribution is 5.24. The van der Waals surface area contributed by atoms with Crippen LogP contribution in [0.4, 0.5) is 0 Å². The van der Waals surface area contributed by atoms with Crippen LogP contribution in [-0.4, -0.2) is 21.8 Å². The summed E-state index contributed by atoms with van der Waals surface area (Å²) in [5.74, 6) is -0.0543. The van der Waals surface area contributed by atoms with Crippen LogP contribution in [0.15, 0.2) is 18.0 Å². The number of nitrogens with zero attached hydrogens (tertiary/aromatic N) is 2. The number of nitrogens with one attached hydrogen (secondary N) is 1. The van der Waals surface area contributed by atoms with Crippen molar-refractivity contribution in [2.24, 2.45) is 7.05 Å². The van der Waals surface area contributed by atoms with E-state index in [1.807, 2.05) is 11.6 Å². The predicted molar refractivity (Wildman–Crippen MR) is 50.4 cm³/mol. The van der Waals surface area contributed by atoms with Crippen molar-refractivity contribution in [2.75, 3.05) is 7.11 Å². The number of rotatable bonds is 1. The first kappa shape index (κ1) is 8.93. The number of methoxy groups -OCH3 is 1. The smallest absolute Gasteiger partial charge is 0.296 e. The van der Waals surface area contributed by atoms with Gasteiger partial charge in [-0.1, -0.05) is 0 Å². The van der Waals surface area contributed by atoms with Gasteiger partial charge in [0.15, 0.2) is 0 Å². The molecule has 0 saturated carbocycles. The lowest BCUT2D eigenvalue weighted by Gasteiger charge is -2.18. The molecule has 14 heavy (non-hydrogen) atoms. The topological polar surface area (TPSA) is 59.3 Å². The van der Waals surface area contributed by atoms with Crippen molar-refractivity contribution in [1.29, 1.82) is 0 Å². The Hall–Kier alpha value is -1.65. The Bertz CT molecular complexity index is 381.